The smallest absolute Gasteiger partial charge is 0.319 e. The summed E-state index contributed by atoms with van der Waals surface area (Å²) in [5.74, 6) is -0.961. The minimum atomic E-state index is -1.40. The molecule has 9 atom stereocenters. The van der Waals surface area contributed by atoms with Crippen molar-refractivity contribution in [3.63, 3.8) is 0 Å². The second kappa shape index (κ2) is 15.0. The van der Waals surface area contributed by atoms with E-state index in [4.69, 9.17) is 18.9 Å². The average Bonchev–Trinajstić information content (AvgIpc) is 2.96. The number of Topliss-reactive ketones (excluding diaryl/α,β-unsaturated/α-hetero) is 1. The third-order valence-corrected chi connectivity index (χ3v) is 10.6. The lowest BCUT2D eigenvalue weighted by atomic mass is 9.74. The Morgan fingerprint density at radius 2 is 1.70 bits per heavy atom. The van der Waals surface area contributed by atoms with Crippen molar-refractivity contribution < 1.29 is 33.6 Å². The molecule has 2 aliphatic heterocycles. The first kappa shape index (κ1) is 36.3. The van der Waals surface area contributed by atoms with E-state index in [2.05, 4.69) is 24.2 Å². The Morgan fingerprint density at radius 1 is 1.07 bits per heavy atom. The van der Waals surface area contributed by atoms with Gasteiger partial charge in [0.15, 0.2) is 12.1 Å². The van der Waals surface area contributed by atoms with Gasteiger partial charge < -0.3 is 34.3 Å². The van der Waals surface area contributed by atoms with Crippen molar-refractivity contribution in [3.05, 3.63) is 0 Å². The minimum absolute atomic E-state index is 0.0596. The summed E-state index contributed by atoms with van der Waals surface area (Å²) >= 11 is 0. The van der Waals surface area contributed by atoms with E-state index in [0.717, 1.165) is 32.2 Å². The van der Waals surface area contributed by atoms with Crippen LogP contribution in [-0.4, -0.2) is 123 Å². The van der Waals surface area contributed by atoms with Crippen LogP contribution in [-0.2, 0) is 28.5 Å². The molecule has 43 heavy (non-hydrogen) atoms. The molecule has 0 unspecified atom stereocenters. The molecule has 0 aromatic heterocycles. The Labute approximate surface area is 260 Å². The predicted octanol–water partition coefficient (Wildman–Crippen LogP) is 3.10. The Balaban J connectivity index is 1.97. The maximum absolute atomic E-state index is 14.2. The summed E-state index contributed by atoms with van der Waals surface area (Å²) in [4.78, 5) is 32.1. The molecule has 250 valence electrons. The van der Waals surface area contributed by atoms with Crippen molar-refractivity contribution in [2.24, 2.45) is 23.2 Å². The van der Waals surface area contributed by atoms with Crippen molar-refractivity contribution in [2.45, 2.75) is 128 Å². The van der Waals surface area contributed by atoms with Crippen molar-refractivity contribution in [2.75, 3.05) is 48.5 Å². The number of aliphatic hydroxyl groups is 1. The zero-order valence-electron chi connectivity index (χ0n) is 28.7. The van der Waals surface area contributed by atoms with Gasteiger partial charge in [-0.25, -0.2) is 0 Å². The number of nitrogens with zero attached hydrogens (tertiary/aromatic N) is 2. The number of ether oxygens (including phenoxy) is 4. The van der Waals surface area contributed by atoms with Crippen LogP contribution in [0.5, 0.6) is 0 Å². The number of nitrogens with one attached hydrogen (secondary N) is 1. The molecule has 1 saturated carbocycles. The second-order valence-electron chi connectivity index (χ2n) is 14.7. The molecular formula is C33H61N3O7. The van der Waals surface area contributed by atoms with Gasteiger partial charge in [-0.1, -0.05) is 13.8 Å². The van der Waals surface area contributed by atoms with Crippen LogP contribution in [0.3, 0.4) is 0 Å². The summed E-state index contributed by atoms with van der Waals surface area (Å²) in [7, 11) is 9.64. The van der Waals surface area contributed by atoms with Gasteiger partial charge in [0.25, 0.3) is 0 Å². The van der Waals surface area contributed by atoms with E-state index in [1.165, 1.54) is 0 Å². The fraction of sp³-hybridized carbons (Fsp3) is 0.939. The molecule has 0 aromatic carbocycles. The molecule has 10 nitrogen and oxygen atoms in total. The largest absolute Gasteiger partial charge is 0.463 e. The van der Waals surface area contributed by atoms with E-state index in [1.807, 2.05) is 39.9 Å². The van der Waals surface area contributed by atoms with Gasteiger partial charge in [-0.15, -0.1) is 0 Å². The van der Waals surface area contributed by atoms with Crippen LogP contribution in [0.4, 0.5) is 0 Å². The molecule has 1 aliphatic carbocycles. The van der Waals surface area contributed by atoms with Crippen LogP contribution in [0.2, 0.25) is 0 Å². The molecule has 2 heterocycles. The first-order valence-electron chi connectivity index (χ1n) is 16.3. The molecule has 3 fully saturated rings. The highest BCUT2D eigenvalue weighted by molar-refractivity contribution is 6.04. The predicted molar refractivity (Wildman–Crippen MR) is 167 cm³/mol. The monoisotopic (exact) mass is 611 g/mol. The lowest BCUT2D eigenvalue weighted by Gasteiger charge is -2.47. The lowest BCUT2D eigenvalue weighted by molar-refractivity contribution is -0.295. The minimum Gasteiger partial charge on any atom is -0.463 e. The first-order valence-corrected chi connectivity index (χ1v) is 16.3. The fourth-order valence-electron chi connectivity index (χ4n) is 7.85. The first-order chi connectivity index (χ1) is 20.0. The molecule has 0 aromatic rings. The van der Waals surface area contributed by atoms with Gasteiger partial charge in [0, 0.05) is 37.7 Å². The van der Waals surface area contributed by atoms with E-state index in [9.17, 15) is 14.7 Å². The normalized spacial score (nSPS) is 42.5. The summed E-state index contributed by atoms with van der Waals surface area (Å²) in [6.45, 7) is 12.2. The number of hydrogen-bond donors (Lipinski definition) is 2. The Bertz CT molecular complexity index is 924. The Morgan fingerprint density at radius 3 is 2.26 bits per heavy atom. The van der Waals surface area contributed by atoms with Crippen molar-refractivity contribution in [1.29, 1.82) is 0 Å². The number of hydrogen-bond acceptors (Lipinski definition) is 10. The molecule has 2 N–H and O–H groups in total. The Hall–Kier alpha value is -1.14. The number of carbonyl (C=O) groups excluding carboxylic acids is 2. The number of aliphatic hydroxyl groups excluding tert-OH is 1. The van der Waals surface area contributed by atoms with Gasteiger partial charge in [-0.3, -0.25) is 14.5 Å². The standard InChI is InChI=1S/C33H61N3O7/c1-20-17-33(6,40-11)29(43-30-27(37)25(35(8)9)16-21(2)42-30)22(3)28(38)32(4,5)31(39)41-19-26(36(10)18-20)23-12-14-24(34-7)15-13-23/h20-27,29-30,34,37H,12-19H2,1-11H3/t20-,21-,22+,23?,24?,25+,26-,27-,29-,30+,33-/m1/s1. The summed E-state index contributed by atoms with van der Waals surface area (Å²) < 4.78 is 25.0. The molecule has 3 rings (SSSR count). The van der Waals surface area contributed by atoms with Crippen molar-refractivity contribution >= 4 is 11.8 Å². The molecule has 2 saturated heterocycles. The summed E-state index contributed by atoms with van der Waals surface area (Å²) in [5.41, 5.74) is -2.30. The zero-order chi connectivity index (χ0) is 32.3. The number of rotatable bonds is 6. The number of methoxy groups -OCH3 is 1. The third kappa shape index (κ3) is 8.37. The van der Waals surface area contributed by atoms with Gasteiger partial charge in [0.05, 0.1) is 17.8 Å². The highest BCUT2D eigenvalue weighted by Crippen LogP contribution is 2.39. The van der Waals surface area contributed by atoms with Gasteiger partial charge in [-0.05, 0) is 106 Å². The van der Waals surface area contributed by atoms with Crippen LogP contribution in [0.1, 0.15) is 80.1 Å². The number of esters is 1. The molecule has 0 radical (unpaired) electrons. The molecular weight excluding hydrogens is 550 g/mol. The molecule has 0 amide bonds. The van der Waals surface area contributed by atoms with E-state index >= 15 is 0 Å². The highest BCUT2D eigenvalue weighted by atomic mass is 16.7. The lowest BCUT2D eigenvalue weighted by Crippen LogP contribution is -2.59. The van der Waals surface area contributed by atoms with Crippen LogP contribution in [0, 0.1) is 23.2 Å². The molecule has 0 spiro atoms. The van der Waals surface area contributed by atoms with Crippen LogP contribution < -0.4 is 5.32 Å². The SMILES string of the molecule is CNC1CCC([C@H]2COC(=O)C(C)(C)C(=O)[C@H](C)[C@@H](O[C@@H]3O[C@H](C)C[C@H](N(C)C)[C@H]3O)[C@](C)(OC)C[C@@H](C)CN2C)CC1. The van der Waals surface area contributed by atoms with Gasteiger partial charge in [0.1, 0.15) is 18.1 Å². The summed E-state index contributed by atoms with van der Waals surface area (Å²) in [6, 6.07) is 0.421. The van der Waals surface area contributed by atoms with Crippen molar-refractivity contribution in [3.8, 4) is 0 Å². The maximum Gasteiger partial charge on any atom is 0.319 e. The fourth-order valence-corrected chi connectivity index (χ4v) is 7.85. The number of cyclic esters (lactones) is 1. The van der Waals surface area contributed by atoms with Gasteiger partial charge in [-0.2, -0.15) is 0 Å². The molecule has 3 aliphatic rings. The van der Waals surface area contributed by atoms with Crippen molar-refractivity contribution in [1.82, 2.24) is 15.1 Å². The van der Waals surface area contributed by atoms with Gasteiger partial charge >= 0.3 is 5.97 Å². The van der Waals surface area contributed by atoms with Gasteiger partial charge in [0.2, 0.25) is 0 Å². The zero-order valence-corrected chi connectivity index (χ0v) is 28.7. The number of ketones is 1. The van der Waals surface area contributed by atoms with E-state index in [1.54, 1.807) is 27.9 Å². The van der Waals surface area contributed by atoms with Crippen LogP contribution in [0.25, 0.3) is 0 Å². The average molecular weight is 612 g/mol. The summed E-state index contributed by atoms with van der Waals surface area (Å²) in [5, 5.41) is 14.7. The van der Waals surface area contributed by atoms with E-state index < -0.39 is 41.4 Å². The quantitative estimate of drug-likeness (QED) is 0.344. The highest BCUT2D eigenvalue weighted by Gasteiger charge is 2.51. The topological polar surface area (TPSA) is 110 Å². The number of likely N-dealkylation sites (N-methyl/N-ethyl adjacent to an activating group) is 2. The van der Waals surface area contributed by atoms with Crippen LogP contribution in [0.15, 0.2) is 0 Å². The molecule has 0 bridgehead atoms. The van der Waals surface area contributed by atoms with E-state index in [0.29, 0.717) is 24.8 Å². The van der Waals surface area contributed by atoms with E-state index in [-0.39, 0.29) is 36.5 Å². The van der Waals surface area contributed by atoms with Crippen LogP contribution >= 0.6 is 0 Å². The Kier molecular flexibility index (Phi) is 12.6. The maximum atomic E-state index is 14.2. The number of carbonyl (C=O) groups is 2. The third-order valence-electron chi connectivity index (χ3n) is 10.6. The second-order valence-corrected chi connectivity index (χ2v) is 14.7. The molecule has 10 heteroatoms. The summed E-state index contributed by atoms with van der Waals surface area (Å²) in [6.07, 6.45) is 2.79.